The maximum Gasteiger partial charge on any atom is 0.152 e. The Morgan fingerprint density at radius 3 is 2.73 bits per heavy atom. The molecule has 5 heteroatoms. The first-order valence-electron chi connectivity index (χ1n) is 9.49. The van der Waals surface area contributed by atoms with Crippen molar-refractivity contribution in [2.45, 2.75) is 45.6 Å². The van der Waals surface area contributed by atoms with Crippen LogP contribution in [-0.2, 0) is 21.6 Å². The molecule has 2 aliphatic heterocycles. The number of fused-ring (bicyclic) bond motifs is 4. The molecular weight excluding hydrogens is 331 g/mol. The predicted octanol–water partition coefficient (Wildman–Crippen LogP) is 3.79. The monoisotopic (exact) mass is 358 g/mol. The van der Waals surface area contributed by atoms with Crippen LogP contribution in [0.3, 0.4) is 0 Å². The number of hydrogen-bond donors (Lipinski definition) is 1. The van der Waals surface area contributed by atoms with Gasteiger partial charge in [0.15, 0.2) is 5.78 Å². The number of benzene rings is 1. The fourth-order valence-corrected chi connectivity index (χ4v) is 4.20. The normalized spacial score (nSPS) is 20.5. The lowest BCUT2D eigenvalue weighted by atomic mass is 9.82. The minimum absolute atomic E-state index is 0.199. The van der Waals surface area contributed by atoms with Gasteiger partial charge in [-0.2, -0.15) is 0 Å². The first-order chi connectivity index (χ1) is 12.3. The van der Waals surface area contributed by atoms with Crippen molar-refractivity contribution >= 4 is 16.7 Å². The molecule has 0 unspecified atom stereocenters. The van der Waals surface area contributed by atoms with Gasteiger partial charge in [0.25, 0.3) is 0 Å². The number of nitrogens with one attached hydrogen (secondary N) is 1. The van der Waals surface area contributed by atoms with Crippen molar-refractivity contribution < 1.29 is 13.9 Å². The molecule has 4 rings (SSSR count). The fourth-order valence-electron chi connectivity index (χ4n) is 4.20. The van der Waals surface area contributed by atoms with E-state index in [1.54, 1.807) is 6.07 Å². The summed E-state index contributed by atoms with van der Waals surface area (Å²) in [6, 6.07) is 4.94. The van der Waals surface area contributed by atoms with E-state index < -0.39 is 0 Å². The molecule has 26 heavy (non-hydrogen) atoms. The first-order valence-corrected chi connectivity index (χ1v) is 9.49. The molecule has 4 nitrogen and oxygen atoms in total. The molecule has 1 saturated heterocycles. The number of ether oxygens (including phenoxy) is 1. The summed E-state index contributed by atoms with van der Waals surface area (Å²) >= 11 is 0. The number of H-pyrrole nitrogens is 1. The van der Waals surface area contributed by atoms with Crippen LogP contribution in [0, 0.1) is 11.2 Å². The number of aromatic nitrogens is 1. The summed E-state index contributed by atoms with van der Waals surface area (Å²) in [6.45, 7) is 8.76. The summed E-state index contributed by atoms with van der Waals surface area (Å²) in [4.78, 5) is 18.1. The van der Waals surface area contributed by atoms with E-state index in [1.807, 2.05) is 26.8 Å². The van der Waals surface area contributed by atoms with E-state index in [9.17, 15) is 9.18 Å². The van der Waals surface area contributed by atoms with Crippen molar-refractivity contribution in [3.63, 3.8) is 0 Å². The highest BCUT2D eigenvalue weighted by Crippen LogP contribution is 2.43. The molecule has 0 radical (unpaired) electrons. The molecule has 1 spiro atoms. The molecule has 2 aliphatic rings. The van der Waals surface area contributed by atoms with Crippen LogP contribution in [0.25, 0.3) is 10.9 Å². The Labute approximate surface area is 153 Å². The van der Waals surface area contributed by atoms with Gasteiger partial charge >= 0.3 is 0 Å². The minimum Gasteiger partial charge on any atom is -0.368 e. The van der Waals surface area contributed by atoms with E-state index in [-0.39, 0.29) is 22.6 Å². The smallest absolute Gasteiger partial charge is 0.152 e. The van der Waals surface area contributed by atoms with Crippen molar-refractivity contribution in [2.24, 2.45) is 5.41 Å². The molecule has 0 aliphatic carbocycles. The number of aromatic amines is 1. The summed E-state index contributed by atoms with van der Waals surface area (Å²) in [5, 5.41) is 0.980. The van der Waals surface area contributed by atoms with Crippen LogP contribution in [-0.4, -0.2) is 41.9 Å². The molecule has 1 aromatic carbocycles. The van der Waals surface area contributed by atoms with Gasteiger partial charge in [0.05, 0.1) is 18.8 Å². The maximum atomic E-state index is 13.7. The SMILES string of the molecule is CC(C)(C)C(=O)CN1CCC2(CC1)OCCc1c2[nH]c2ccc(F)cc12. The van der Waals surface area contributed by atoms with Crippen molar-refractivity contribution in [2.75, 3.05) is 26.2 Å². The topological polar surface area (TPSA) is 45.3 Å². The van der Waals surface area contributed by atoms with Crippen molar-refractivity contribution in [1.82, 2.24) is 9.88 Å². The number of ketones is 1. The van der Waals surface area contributed by atoms with E-state index in [4.69, 9.17) is 4.74 Å². The molecule has 0 atom stereocenters. The van der Waals surface area contributed by atoms with Crippen LogP contribution in [0.15, 0.2) is 18.2 Å². The number of rotatable bonds is 2. The van der Waals surface area contributed by atoms with Crippen molar-refractivity contribution in [3.05, 3.63) is 35.3 Å². The molecule has 1 fully saturated rings. The van der Waals surface area contributed by atoms with Gasteiger partial charge in [0.2, 0.25) is 0 Å². The van der Waals surface area contributed by atoms with Gasteiger partial charge in [-0.25, -0.2) is 4.39 Å². The van der Waals surface area contributed by atoms with Gasteiger partial charge < -0.3 is 9.72 Å². The molecule has 0 saturated carbocycles. The van der Waals surface area contributed by atoms with Gasteiger partial charge in [0, 0.05) is 29.4 Å². The van der Waals surface area contributed by atoms with E-state index in [1.165, 1.54) is 11.6 Å². The highest BCUT2D eigenvalue weighted by Gasteiger charge is 2.43. The Morgan fingerprint density at radius 1 is 1.31 bits per heavy atom. The van der Waals surface area contributed by atoms with Gasteiger partial charge in [-0.05, 0) is 43.0 Å². The van der Waals surface area contributed by atoms with E-state index in [0.29, 0.717) is 13.2 Å². The second-order valence-electron chi connectivity index (χ2n) is 8.71. The average molecular weight is 358 g/mol. The van der Waals surface area contributed by atoms with Crippen molar-refractivity contribution in [3.8, 4) is 0 Å². The quantitative estimate of drug-likeness (QED) is 0.888. The van der Waals surface area contributed by atoms with E-state index >= 15 is 0 Å². The number of piperidine rings is 1. The second-order valence-corrected chi connectivity index (χ2v) is 8.71. The molecule has 0 amide bonds. The molecular formula is C21H27FN2O2. The lowest BCUT2D eigenvalue weighted by Crippen LogP contribution is -2.48. The van der Waals surface area contributed by atoms with Gasteiger partial charge in [-0.15, -0.1) is 0 Å². The zero-order chi connectivity index (χ0) is 18.5. The lowest BCUT2D eigenvalue weighted by Gasteiger charge is -2.44. The number of carbonyl (C=O) groups is 1. The lowest BCUT2D eigenvalue weighted by molar-refractivity contribution is -0.131. The zero-order valence-corrected chi connectivity index (χ0v) is 15.8. The van der Waals surface area contributed by atoms with E-state index in [2.05, 4.69) is 9.88 Å². The largest absolute Gasteiger partial charge is 0.368 e. The third-order valence-electron chi connectivity index (χ3n) is 5.92. The molecule has 3 heterocycles. The Kier molecular flexibility index (Phi) is 4.20. The number of nitrogens with zero attached hydrogens (tertiary/aromatic N) is 1. The van der Waals surface area contributed by atoms with Crippen LogP contribution in [0.4, 0.5) is 4.39 Å². The Balaban J connectivity index is 1.57. The maximum absolute atomic E-state index is 13.7. The highest BCUT2D eigenvalue weighted by molar-refractivity contribution is 5.86. The number of carbonyl (C=O) groups excluding carboxylic acids is 1. The second kappa shape index (κ2) is 6.17. The van der Waals surface area contributed by atoms with Gasteiger partial charge in [0.1, 0.15) is 11.4 Å². The molecule has 140 valence electrons. The Morgan fingerprint density at radius 2 is 2.04 bits per heavy atom. The zero-order valence-electron chi connectivity index (χ0n) is 15.8. The minimum atomic E-state index is -0.329. The fraction of sp³-hybridized carbons (Fsp3) is 0.571. The number of halogens is 1. The van der Waals surface area contributed by atoms with Crippen LogP contribution < -0.4 is 0 Å². The third-order valence-corrected chi connectivity index (χ3v) is 5.92. The number of Topliss-reactive ketones (excluding diaryl/α,β-unsaturated/α-hetero) is 1. The highest BCUT2D eigenvalue weighted by atomic mass is 19.1. The molecule has 1 N–H and O–H groups in total. The molecule has 0 bridgehead atoms. The van der Waals surface area contributed by atoms with Crippen LogP contribution >= 0.6 is 0 Å². The first kappa shape index (κ1) is 17.7. The molecule has 1 aromatic heterocycles. The standard InChI is InChI=1S/C21H27FN2O2/c1-20(2,3)18(25)13-24-9-7-21(8-10-24)19-15(6-11-26-21)16-12-14(22)4-5-17(16)23-19/h4-5,12,23H,6-11,13H2,1-3H3. The Bertz CT molecular complexity index is 842. The Hall–Kier alpha value is -1.72. The van der Waals surface area contributed by atoms with Gasteiger partial charge in [-0.3, -0.25) is 9.69 Å². The summed E-state index contributed by atoms with van der Waals surface area (Å²) in [6.07, 6.45) is 2.52. The summed E-state index contributed by atoms with van der Waals surface area (Å²) in [7, 11) is 0. The predicted molar refractivity (Wildman–Crippen MR) is 99.7 cm³/mol. The summed E-state index contributed by atoms with van der Waals surface area (Å²) < 4.78 is 20.0. The van der Waals surface area contributed by atoms with Crippen LogP contribution in [0.1, 0.15) is 44.9 Å². The number of hydrogen-bond acceptors (Lipinski definition) is 3. The third kappa shape index (κ3) is 2.97. The van der Waals surface area contributed by atoms with Crippen LogP contribution in [0.2, 0.25) is 0 Å². The van der Waals surface area contributed by atoms with E-state index in [0.717, 1.165) is 48.9 Å². The average Bonchev–Trinajstić information content (AvgIpc) is 2.96. The van der Waals surface area contributed by atoms with Crippen LogP contribution in [0.5, 0.6) is 0 Å². The molecule has 2 aromatic rings. The number of likely N-dealkylation sites (tertiary alicyclic amines) is 1. The van der Waals surface area contributed by atoms with Crippen molar-refractivity contribution in [1.29, 1.82) is 0 Å². The summed E-state index contributed by atoms with van der Waals surface area (Å²) in [5.41, 5.74) is 2.66. The van der Waals surface area contributed by atoms with Gasteiger partial charge in [-0.1, -0.05) is 20.8 Å². The summed E-state index contributed by atoms with van der Waals surface area (Å²) in [5.74, 6) is 0.0788.